The van der Waals surface area contributed by atoms with E-state index in [1.54, 1.807) is 6.07 Å². The van der Waals surface area contributed by atoms with Gasteiger partial charge in [-0.2, -0.15) is 0 Å². The number of rotatable bonds is 6. The summed E-state index contributed by atoms with van der Waals surface area (Å²) < 4.78 is 23.4. The number of methoxy groups -OCH3 is 1. The normalized spacial score (nSPS) is 10.0. The predicted octanol–water partition coefficient (Wildman–Crippen LogP) is 2.55. The van der Waals surface area contributed by atoms with Crippen molar-refractivity contribution in [3.8, 4) is 11.5 Å². The van der Waals surface area contributed by atoms with Crippen LogP contribution in [0, 0.1) is 5.82 Å². The molecule has 0 aliphatic heterocycles. The Labute approximate surface area is 131 Å². The fourth-order valence-electron chi connectivity index (χ4n) is 1.83. The van der Waals surface area contributed by atoms with E-state index >= 15 is 0 Å². The third kappa shape index (κ3) is 4.19. The molecule has 23 heavy (non-hydrogen) atoms. The Morgan fingerprint density at radius 1 is 1.22 bits per heavy atom. The van der Waals surface area contributed by atoms with Crippen LogP contribution in [0.1, 0.15) is 10.4 Å². The number of halogens is 1. The molecule has 0 heterocycles. The van der Waals surface area contributed by atoms with Crippen LogP contribution in [0.15, 0.2) is 42.5 Å². The van der Waals surface area contributed by atoms with Gasteiger partial charge in [0.05, 0.1) is 18.4 Å². The Morgan fingerprint density at radius 2 is 1.96 bits per heavy atom. The van der Waals surface area contributed by atoms with Crippen LogP contribution < -0.4 is 14.8 Å². The van der Waals surface area contributed by atoms with Crippen LogP contribution in [-0.4, -0.2) is 30.7 Å². The first-order valence-electron chi connectivity index (χ1n) is 6.59. The number of nitrogens with one attached hydrogen (secondary N) is 1. The summed E-state index contributed by atoms with van der Waals surface area (Å²) in [6.07, 6.45) is 0. The molecule has 0 radical (unpaired) electrons. The summed E-state index contributed by atoms with van der Waals surface area (Å²) >= 11 is 0. The van der Waals surface area contributed by atoms with E-state index in [0.717, 1.165) is 0 Å². The molecular weight excluding hydrogens is 305 g/mol. The Hall–Kier alpha value is -3.09. The van der Waals surface area contributed by atoms with Gasteiger partial charge in [0, 0.05) is 0 Å². The van der Waals surface area contributed by atoms with Crippen molar-refractivity contribution >= 4 is 17.6 Å². The molecule has 0 spiro atoms. The standard InChI is InChI=1S/C16H14FNO5/c1-22-10-6-7-13(11(8-10)16(20)21)18-15(19)9-23-14-5-3-2-4-12(14)17/h2-8H,9H2,1H3,(H,18,19)(H,20,21). The Balaban J connectivity index is 2.05. The molecular formula is C16H14FNO5. The van der Waals surface area contributed by atoms with Crippen molar-refractivity contribution in [2.24, 2.45) is 0 Å². The van der Waals surface area contributed by atoms with Crippen LogP contribution >= 0.6 is 0 Å². The molecule has 0 aliphatic rings. The highest BCUT2D eigenvalue weighted by atomic mass is 19.1. The Kier molecular flexibility index (Phi) is 5.14. The highest BCUT2D eigenvalue weighted by molar-refractivity contribution is 6.01. The first-order valence-corrected chi connectivity index (χ1v) is 6.59. The lowest BCUT2D eigenvalue weighted by molar-refractivity contribution is -0.118. The summed E-state index contributed by atoms with van der Waals surface area (Å²) in [5.41, 5.74) is -0.0241. The summed E-state index contributed by atoms with van der Waals surface area (Å²) in [6, 6.07) is 9.87. The number of ether oxygens (including phenoxy) is 2. The SMILES string of the molecule is COc1ccc(NC(=O)COc2ccccc2F)c(C(=O)O)c1. The van der Waals surface area contributed by atoms with E-state index in [1.807, 2.05) is 0 Å². The molecule has 0 aliphatic carbocycles. The molecule has 0 saturated heterocycles. The smallest absolute Gasteiger partial charge is 0.337 e. The topological polar surface area (TPSA) is 84.9 Å². The molecule has 1 amide bonds. The van der Waals surface area contributed by atoms with Crippen LogP contribution in [0.3, 0.4) is 0 Å². The summed E-state index contributed by atoms with van der Waals surface area (Å²) in [6.45, 7) is -0.452. The lowest BCUT2D eigenvalue weighted by Crippen LogP contribution is -2.21. The maximum Gasteiger partial charge on any atom is 0.337 e. The minimum Gasteiger partial charge on any atom is -0.497 e. The molecule has 0 atom stereocenters. The number of aromatic carboxylic acids is 1. The number of benzene rings is 2. The molecule has 6 nitrogen and oxygen atoms in total. The van der Waals surface area contributed by atoms with Crippen LogP contribution in [0.5, 0.6) is 11.5 Å². The second-order valence-electron chi connectivity index (χ2n) is 4.48. The van der Waals surface area contributed by atoms with Crippen molar-refractivity contribution in [1.82, 2.24) is 0 Å². The molecule has 0 aromatic heterocycles. The number of carboxylic acid groups (broad SMARTS) is 1. The van der Waals surface area contributed by atoms with Crippen molar-refractivity contribution in [3.63, 3.8) is 0 Å². The number of hydrogen-bond donors (Lipinski definition) is 2. The molecule has 2 rings (SSSR count). The lowest BCUT2D eigenvalue weighted by atomic mass is 10.1. The number of carbonyl (C=O) groups excluding carboxylic acids is 1. The maximum absolute atomic E-state index is 13.4. The average molecular weight is 319 g/mol. The summed E-state index contributed by atoms with van der Waals surface area (Å²) in [7, 11) is 1.40. The molecule has 0 unspecified atom stereocenters. The third-order valence-corrected chi connectivity index (χ3v) is 2.93. The van der Waals surface area contributed by atoms with Gasteiger partial charge in [0.15, 0.2) is 18.2 Å². The van der Waals surface area contributed by atoms with Crippen molar-refractivity contribution in [3.05, 3.63) is 53.8 Å². The van der Waals surface area contributed by atoms with E-state index in [2.05, 4.69) is 5.32 Å². The van der Waals surface area contributed by atoms with Gasteiger partial charge in [-0.15, -0.1) is 0 Å². The van der Waals surface area contributed by atoms with Gasteiger partial charge in [-0.05, 0) is 30.3 Å². The van der Waals surface area contributed by atoms with E-state index in [1.165, 1.54) is 43.5 Å². The van der Waals surface area contributed by atoms with Crippen LogP contribution in [0.4, 0.5) is 10.1 Å². The zero-order valence-electron chi connectivity index (χ0n) is 12.2. The minimum atomic E-state index is -1.21. The van der Waals surface area contributed by atoms with E-state index in [9.17, 15) is 14.0 Å². The fourth-order valence-corrected chi connectivity index (χ4v) is 1.83. The van der Waals surface area contributed by atoms with E-state index < -0.39 is 24.3 Å². The Morgan fingerprint density at radius 3 is 2.61 bits per heavy atom. The number of carbonyl (C=O) groups is 2. The molecule has 0 fully saturated rings. The van der Waals surface area contributed by atoms with Gasteiger partial charge in [0.2, 0.25) is 0 Å². The van der Waals surface area contributed by atoms with Crippen molar-refractivity contribution in [2.75, 3.05) is 19.0 Å². The average Bonchev–Trinajstić information content (AvgIpc) is 2.54. The summed E-state index contributed by atoms with van der Waals surface area (Å²) in [5, 5.41) is 11.6. The molecule has 0 bridgehead atoms. The van der Waals surface area contributed by atoms with Crippen LogP contribution in [0.25, 0.3) is 0 Å². The van der Waals surface area contributed by atoms with Gasteiger partial charge in [-0.3, -0.25) is 4.79 Å². The molecule has 2 aromatic carbocycles. The number of amides is 1. The van der Waals surface area contributed by atoms with E-state index in [-0.39, 0.29) is 17.0 Å². The number of hydrogen-bond acceptors (Lipinski definition) is 4. The zero-order valence-corrected chi connectivity index (χ0v) is 12.2. The number of anilines is 1. The van der Waals surface area contributed by atoms with Gasteiger partial charge < -0.3 is 19.9 Å². The van der Waals surface area contributed by atoms with E-state index in [0.29, 0.717) is 5.75 Å². The van der Waals surface area contributed by atoms with Crippen molar-refractivity contribution in [1.29, 1.82) is 0 Å². The quantitative estimate of drug-likeness (QED) is 0.855. The predicted molar refractivity (Wildman–Crippen MR) is 80.5 cm³/mol. The van der Waals surface area contributed by atoms with Gasteiger partial charge in [0.1, 0.15) is 5.75 Å². The first-order chi connectivity index (χ1) is 11.0. The number of carboxylic acids is 1. The maximum atomic E-state index is 13.4. The van der Waals surface area contributed by atoms with Gasteiger partial charge in [0.25, 0.3) is 5.91 Å². The molecule has 7 heteroatoms. The second-order valence-corrected chi connectivity index (χ2v) is 4.48. The molecule has 0 saturated carbocycles. The highest BCUT2D eigenvalue weighted by Crippen LogP contribution is 2.22. The van der Waals surface area contributed by atoms with Gasteiger partial charge in [-0.1, -0.05) is 12.1 Å². The third-order valence-electron chi connectivity index (χ3n) is 2.93. The number of para-hydroxylation sites is 1. The Bertz CT molecular complexity index is 732. The van der Waals surface area contributed by atoms with Gasteiger partial charge >= 0.3 is 5.97 Å². The van der Waals surface area contributed by atoms with Crippen LogP contribution in [-0.2, 0) is 4.79 Å². The molecule has 2 aromatic rings. The zero-order chi connectivity index (χ0) is 16.8. The fraction of sp³-hybridized carbons (Fsp3) is 0.125. The molecule has 2 N–H and O–H groups in total. The minimum absolute atomic E-state index is 0.0594. The monoisotopic (exact) mass is 319 g/mol. The molecule has 120 valence electrons. The van der Waals surface area contributed by atoms with Crippen molar-refractivity contribution in [2.45, 2.75) is 0 Å². The van der Waals surface area contributed by atoms with Crippen LogP contribution in [0.2, 0.25) is 0 Å². The van der Waals surface area contributed by atoms with Gasteiger partial charge in [-0.25, -0.2) is 9.18 Å². The highest BCUT2D eigenvalue weighted by Gasteiger charge is 2.14. The first kappa shape index (κ1) is 16.3. The lowest BCUT2D eigenvalue weighted by Gasteiger charge is -2.11. The summed E-state index contributed by atoms with van der Waals surface area (Å²) in [5.74, 6) is -2.12. The van der Waals surface area contributed by atoms with E-state index in [4.69, 9.17) is 14.6 Å². The summed E-state index contributed by atoms with van der Waals surface area (Å²) in [4.78, 5) is 23.1. The largest absolute Gasteiger partial charge is 0.497 e. The second kappa shape index (κ2) is 7.26. The van der Waals surface area contributed by atoms with Crippen molar-refractivity contribution < 1.29 is 28.6 Å².